The lowest BCUT2D eigenvalue weighted by atomic mass is 9.85. The predicted molar refractivity (Wildman–Crippen MR) is 186 cm³/mol. The van der Waals surface area contributed by atoms with E-state index in [1.54, 1.807) is 20.8 Å². The van der Waals surface area contributed by atoms with Gasteiger partial charge in [-0.05, 0) is 41.9 Å². The second kappa shape index (κ2) is 15.2. The van der Waals surface area contributed by atoms with Gasteiger partial charge in [-0.15, -0.1) is 13.2 Å². The van der Waals surface area contributed by atoms with Crippen LogP contribution in [0.1, 0.15) is 69.6 Å². The van der Waals surface area contributed by atoms with E-state index in [0.29, 0.717) is 32.2 Å². The van der Waals surface area contributed by atoms with Gasteiger partial charge in [-0.2, -0.15) is 0 Å². The Labute approximate surface area is 298 Å². The molecule has 1 aliphatic carbocycles. The van der Waals surface area contributed by atoms with Gasteiger partial charge in [0.1, 0.15) is 24.2 Å². The molecule has 0 radical (unpaired) electrons. The van der Waals surface area contributed by atoms with Crippen molar-refractivity contribution in [3.63, 3.8) is 0 Å². The van der Waals surface area contributed by atoms with E-state index in [4.69, 9.17) is 9.47 Å². The molecule has 1 saturated heterocycles. The first-order valence-corrected chi connectivity index (χ1v) is 18.6. The Bertz CT molecular complexity index is 1760. The van der Waals surface area contributed by atoms with E-state index in [2.05, 4.69) is 40.4 Å². The Kier molecular flexibility index (Phi) is 11.1. The van der Waals surface area contributed by atoms with Crippen LogP contribution in [0.5, 0.6) is 0 Å². The Hall–Kier alpha value is -4.84. The van der Waals surface area contributed by atoms with Crippen LogP contribution in [0.25, 0.3) is 0 Å². The minimum atomic E-state index is -3.96. The first-order chi connectivity index (χ1) is 24.1. The Morgan fingerprint density at radius 3 is 2.51 bits per heavy atom. The zero-order valence-electron chi connectivity index (χ0n) is 29.1. The lowest BCUT2D eigenvalue weighted by Crippen LogP contribution is -2.60. The molecule has 3 aliphatic heterocycles. The van der Waals surface area contributed by atoms with Gasteiger partial charge in [-0.3, -0.25) is 24.0 Å². The monoisotopic (exact) mass is 723 g/mol. The molecule has 5 amide bonds. The summed E-state index contributed by atoms with van der Waals surface area (Å²) in [7, 11) is -3.96. The molecule has 1 aromatic rings. The summed E-state index contributed by atoms with van der Waals surface area (Å²) < 4.78 is 38.6. The molecule has 4 bridgehead atoms. The third-order valence-electron chi connectivity index (χ3n) is 9.35. The van der Waals surface area contributed by atoms with Crippen LogP contribution >= 0.6 is 0 Å². The number of nitrogens with zero attached hydrogens (tertiary/aromatic N) is 2. The molecule has 51 heavy (non-hydrogen) atoms. The van der Waals surface area contributed by atoms with Crippen molar-refractivity contribution in [2.24, 2.45) is 11.3 Å². The molecule has 0 spiro atoms. The molecule has 4 atom stereocenters. The summed E-state index contributed by atoms with van der Waals surface area (Å²) in [4.78, 5) is 70.9. The van der Waals surface area contributed by atoms with Gasteiger partial charge >= 0.3 is 12.2 Å². The average Bonchev–Trinajstić information content (AvgIpc) is 3.72. The number of ether oxygens (including phenoxy) is 2. The Morgan fingerprint density at radius 1 is 1.12 bits per heavy atom. The number of nitrogens with one attached hydrogen (secondary N) is 3. The maximum atomic E-state index is 14.3. The van der Waals surface area contributed by atoms with Crippen molar-refractivity contribution in [3.8, 4) is 11.8 Å². The number of sulfonamides is 1. The number of rotatable bonds is 8. The molecule has 3 N–H and O–H groups in total. The fourth-order valence-electron chi connectivity index (χ4n) is 6.34. The number of carbonyl (C=O) groups excluding carboxylic acids is 5. The Balaban J connectivity index is 1.44. The second-order valence-corrected chi connectivity index (χ2v) is 16.2. The number of hydrogen-bond donors (Lipinski definition) is 3. The molecular weight excluding hydrogens is 678 g/mol. The fraction of sp³-hybridized carbons (Fsp3) is 0.528. The van der Waals surface area contributed by atoms with Gasteiger partial charge in [0, 0.05) is 30.9 Å². The van der Waals surface area contributed by atoms with E-state index in [-0.39, 0.29) is 26.1 Å². The summed E-state index contributed by atoms with van der Waals surface area (Å²) in [5.74, 6) is 2.96. The van der Waals surface area contributed by atoms with Crippen molar-refractivity contribution in [1.29, 1.82) is 0 Å². The summed E-state index contributed by atoms with van der Waals surface area (Å²) >= 11 is 0. The molecule has 2 fully saturated rings. The van der Waals surface area contributed by atoms with E-state index in [0.717, 1.165) is 16.7 Å². The van der Waals surface area contributed by atoms with E-state index in [1.165, 1.54) is 22.0 Å². The van der Waals surface area contributed by atoms with Gasteiger partial charge in [0.25, 0.3) is 5.91 Å². The molecule has 3 heterocycles. The van der Waals surface area contributed by atoms with Crippen LogP contribution in [-0.2, 0) is 47.0 Å². The minimum absolute atomic E-state index is 0.0547. The van der Waals surface area contributed by atoms with Crippen molar-refractivity contribution in [2.45, 2.75) is 95.4 Å². The summed E-state index contributed by atoms with van der Waals surface area (Å²) in [6.45, 7) is 13.0. The first kappa shape index (κ1) is 37.4. The first-order valence-electron chi connectivity index (χ1n) is 17.0. The summed E-state index contributed by atoms with van der Waals surface area (Å²) in [5.41, 5.74) is 1.75. The highest BCUT2D eigenvalue weighted by molar-refractivity contribution is 7.90. The van der Waals surface area contributed by atoms with Crippen LogP contribution in [0.15, 0.2) is 43.5 Å². The smallest absolute Gasteiger partial charge is 0.410 e. The summed E-state index contributed by atoms with van der Waals surface area (Å²) in [6, 6.07) is 1.78. The number of benzene rings is 1. The molecule has 1 saturated carbocycles. The van der Waals surface area contributed by atoms with Gasteiger partial charge < -0.3 is 25.0 Å². The van der Waals surface area contributed by atoms with Crippen LogP contribution in [-0.4, -0.2) is 90.8 Å². The predicted octanol–water partition coefficient (Wildman–Crippen LogP) is 2.48. The van der Waals surface area contributed by atoms with Gasteiger partial charge in [-0.1, -0.05) is 56.9 Å². The number of fused-ring (bicyclic) bond motifs is 3. The molecule has 15 heteroatoms. The summed E-state index contributed by atoms with van der Waals surface area (Å²) in [6.07, 6.45) is 1.88. The van der Waals surface area contributed by atoms with Crippen LogP contribution in [0, 0.1) is 23.2 Å². The largest absolute Gasteiger partial charge is 0.450 e. The van der Waals surface area contributed by atoms with Crippen LogP contribution in [0.4, 0.5) is 9.59 Å². The molecule has 1 aromatic carbocycles. The lowest BCUT2D eigenvalue weighted by molar-refractivity contribution is -0.142. The maximum absolute atomic E-state index is 14.3. The summed E-state index contributed by atoms with van der Waals surface area (Å²) in [5, 5.41) is 4.56. The van der Waals surface area contributed by atoms with Crippen LogP contribution < -0.4 is 15.4 Å². The molecule has 5 rings (SSSR count). The van der Waals surface area contributed by atoms with Gasteiger partial charge in [0.15, 0.2) is 0 Å². The van der Waals surface area contributed by atoms with E-state index >= 15 is 0 Å². The number of amides is 5. The van der Waals surface area contributed by atoms with Crippen molar-refractivity contribution in [3.05, 3.63) is 60.2 Å². The van der Waals surface area contributed by atoms with E-state index < -0.39 is 80.7 Å². The van der Waals surface area contributed by atoms with Crippen LogP contribution in [0.3, 0.4) is 0 Å². The molecule has 4 aliphatic rings. The maximum Gasteiger partial charge on any atom is 0.410 e. The average molecular weight is 724 g/mol. The molecule has 274 valence electrons. The fourth-order valence-corrected chi connectivity index (χ4v) is 7.67. The molecule has 14 nitrogen and oxygen atoms in total. The lowest BCUT2D eigenvalue weighted by Gasteiger charge is -2.35. The van der Waals surface area contributed by atoms with E-state index in [1.807, 2.05) is 18.2 Å². The SMILES string of the molecule is C=CC(C=C)C(NC(=O)[C@@H]1C[C@@H]2CN1C(=O)[C@H](C(C)(C)C)NC(=O)OCCCC#Cc1cccc3c1CN(C3)C(=O)O2)C(=O)NS(=O)(=O)C1CC1. The van der Waals surface area contributed by atoms with E-state index in [9.17, 15) is 32.4 Å². The normalized spacial score (nSPS) is 23.3. The molecule has 0 aromatic heterocycles. The van der Waals surface area contributed by atoms with Crippen molar-refractivity contribution >= 4 is 39.9 Å². The van der Waals surface area contributed by atoms with Gasteiger partial charge in [-0.25, -0.2) is 18.0 Å². The standard InChI is InChI=1S/C36H45N5O9S/c1-6-22(7-2)29(32(43)39-51(47,48)26-15-16-26)37-31(42)28-18-25-20-41(28)33(44)30(36(3,4)5)38-34(45)49-17-10-8-9-12-23-13-11-14-24-19-40(21-27(23)24)35(46)50-25/h6-7,11,13-14,22,25-26,28-30H,1-2,8,10,15-21H2,3-5H3,(H,37,42)(H,38,45)(H,39,43)/t25-,28+,29?,30-/m1/s1. The highest BCUT2D eigenvalue weighted by atomic mass is 32.2. The number of hydrogen-bond acceptors (Lipinski definition) is 9. The van der Waals surface area contributed by atoms with Gasteiger partial charge in [0.2, 0.25) is 21.8 Å². The number of carbonyl (C=O) groups is 5. The highest BCUT2D eigenvalue weighted by Crippen LogP contribution is 2.31. The van der Waals surface area contributed by atoms with Gasteiger partial charge in [0.05, 0.1) is 24.9 Å². The number of cyclic esters (lactones) is 1. The second-order valence-electron chi connectivity index (χ2n) is 14.3. The molecule has 1 unspecified atom stereocenters. The van der Waals surface area contributed by atoms with Crippen molar-refractivity contribution in [1.82, 2.24) is 25.2 Å². The zero-order valence-corrected chi connectivity index (χ0v) is 29.9. The van der Waals surface area contributed by atoms with Crippen molar-refractivity contribution in [2.75, 3.05) is 13.2 Å². The Morgan fingerprint density at radius 2 is 1.84 bits per heavy atom. The zero-order chi connectivity index (χ0) is 37.1. The third kappa shape index (κ3) is 8.73. The molecular formula is C36H45N5O9S. The van der Waals surface area contributed by atoms with Crippen LogP contribution in [0.2, 0.25) is 0 Å². The quantitative estimate of drug-likeness (QED) is 0.268. The minimum Gasteiger partial charge on any atom is -0.450 e. The van der Waals surface area contributed by atoms with Crippen molar-refractivity contribution < 1.29 is 41.9 Å². The highest BCUT2D eigenvalue weighted by Gasteiger charge is 2.48. The third-order valence-corrected chi connectivity index (χ3v) is 11.2. The topological polar surface area (TPSA) is 181 Å². The number of alkyl carbamates (subject to hydrolysis) is 1.